The van der Waals surface area contributed by atoms with Crippen LogP contribution in [-0.2, 0) is 5.75 Å². The monoisotopic (exact) mass is 250 g/mol. The summed E-state index contributed by atoms with van der Waals surface area (Å²) < 4.78 is 26.4. The number of aryl methyl sites for hydroxylation is 1. The molecule has 0 saturated carbocycles. The first-order valence-corrected chi connectivity index (χ1v) is 6.28. The van der Waals surface area contributed by atoms with E-state index in [4.69, 9.17) is 0 Å². The summed E-state index contributed by atoms with van der Waals surface area (Å²) in [6, 6.07) is 12.2. The molecule has 2 rings (SSSR count). The lowest BCUT2D eigenvalue weighted by Gasteiger charge is -2.06. The van der Waals surface area contributed by atoms with Crippen LogP contribution in [0.15, 0.2) is 47.4 Å². The fourth-order valence-electron chi connectivity index (χ4n) is 1.53. The summed E-state index contributed by atoms with van der Waals surface area (Å²) >= 11 is 1.52. The molecule has 0 saturated heterocycles. The Bertz CT molecular complexity index is 523. The molecule has 2 aromatic carbocycles. The maximum Gasteiger partial charge on any atom is 0.162 e. The Morgan fingerprint density at radius 3 is 2.53 bits per heavy atom. The van der Waals surface area contributed by atoms with Crippen LogP contribution < -0.4 is 0 Å². The Morgan fingerprint density at radius 2 is 1.76 bits per heavy atom. The molecule has 0 aliphatic rings. The minimum absolute atomic E-state index is 0.401. The molecule has 0 spiro atoms. The van der Waals surface area contributed by atoms with Crippen molar-refractivity contribution in [3.63, 3.8) is 0 Å². The number of halogens is 2. The van der Waals surface area contributed by atoms with Crippen LogP contribution in [0, 0.1) is 18.6 Å². The fraction of sp³-hybridized carbons (Fsp3) is 0.143. The normalized spacial score (nSPS) is 10.5. The van der Waals surface area contributed by atoms with Gasteiger partial charge in [0.1, 0.15) is 0 Å². The van der Waals surface area contributed by atoms with E-state index in [1.54, 1.807) is 6.07 Å². The van der Waals surface area contributed by atoms with Crippen LogP contribution in [0.1, 0.15) is 11.1 Å². The van der Waals surface area contributed by atoms with Crippen LogP contribution in [-0.4, -0.2) is 0 Å². The third-order valence-electron chi connectivity index (χ3n) is 2.51. The number of thioether (sulfide) groups is 1. The Kier molecular flexibility index (Phi) is 3.79. The van der Waals surface area contributed by atoms with Crippen LogP contribution in [0.25, 0.3) is 0 Å². The summed E-state index contributed by atoms with van der Waals surface area (Å²) in [5.41, 5.74) is 1.55. The molecule has 0 aliphatic carbocycles. The van der Waals surface area contributed by atoms with Crippen molar-refractivity contribution in [2.24, 2.45) is 0 Å². The van der Waals surface area contributed by atoms with Crippen LogP contribution in [0.3, 0.4) is 0 Å². The molecule has 0 atom stereocenters. The van der Waals surface area contributed by atoms with Crippen LogP contribution in [0.2, 0.25) is 0 Å². The smallest absolute Gasteiger partial charge is 0.162 e. The van der Waals surface area contributed by atoms with E-state index in [2.05, 4.69) is 0 Å². The number of hydrogen-bond acceptors (Lipinski definition) is 1. The van der Waals surface area contributed by atoms with E-state index in [-0.39, 0.29) is 0 Å². The fourth-order valence-corrected chi connectivity index (χ4v) is 2.54. The minimum Gasteiger partial charge on any atom is -0.204 e. The average Bonchev–Trinajstić information content (AvgIpc) is 2.33. The molecule has 0 aliphatic heterocycles. The highest BCUT2D eigenvalue weighted by atomic mass is 32.2. The molecule has 0 heterocycles. The first-order chi connectivity index (χ1) is 8.18. The van der Waals surface area contributed by atoms with Crippen molar-refractivity contribution < 1.29 is 8.78 Å². The Hall–Kier alpha value is -1.35. The second kappa shape index (κ2) is 5.32. The Morgan fingerprint density at radius 1 is 1.00 bits per heavy atom. The Balaban J connectivity index is 2.13. The SMILES string of the molecule is Cc1ccccc1SCc1cccc(F)c1F. The summed E-state index contributed by atoms with van der Waals surface area (Å²) in [4.78, 5) is 1.09. The van der Waals surface area contributed by atoms with E-state index >= 15 is 0 Å². The van der Waals surface area contributed by atoms with Gasteiger partial charge in [0, 0.05) is 16.2 Å². The molecule has 88 valence electrons. The molecule has 3 heteroatoms. The lowest BCUT2D eigenvalue weighted by Crippen LogP contribution is -1.92. The summed E-state index contributed by atoms with van der Waals surface area (Å²) in [5, 5.41) is 0. The van der Waals surface area contributed by atoms with Crippen molar-refractivity contribution >= 4 is 11.8 Å². The zero-order valence-electron chi connectivity index (χ0n) is 9.41. The van der Waals surface area contributed by atoms with Crippen LogP contribution >= 0.6 is 11.8 Å². The van der Waals surface area contributed by atoms with Crippen LogP contribution in [0.4, 0.5) is 8.78 Å². The molecular formula is C14H12F2S. The van der Waals surface area contributed by atoms with E-state index in [9.17, 15) is 8.78 Å². The van der Waals surface area contributed by atoms with Gasteiger partial charge in [-0.25, -0.2) is 8.78 Å². The lowest BCUT2D eigenvalue weighted by molar-refractivity contribution is 0.502. The van der Waals surface area contributed by atoms with Crippen molar-refractivity contribution in [2.45, 2.75) is 17.6 Å². The van der Waals surface area contributed by atoms with Crippen LogP contribution in [0.5, 0.6) is 0 Å². The van der Waals surface area contributed by atoms with Gasteiger partial charge >= 0.3 is 0 Å². The maximum atomic E-state index is 13.4. The Labute approximate surface area is 104 Å². The molecule has 0 nitrogen and oxygen atoms in total. The third kappa shape index (κ3) is 2.86. The third-order valence-corrected chi connectivity index (χ3v) is 3.73. The van der Waals surface area contributed by atoms with Crippen molar-refractivity contribution in [1.82, 2.24) is 0 Å². The van der Waals surface area contributed by atoms with Gasteiger partial charge in [0.25, 0.3) is 0 Å². The molecule has 0 radical (unpaired) electrons. The van der Waals surface area contributed by atoms with Gasteiger partial charge < -0.3 is 0 Å². The summed E-state index contributed by atoms with van der Waals surface area (Å²) in [6.07, 6.45) is 0. The van der Waals surface area contributed by atoms with Crippen molar-refractivity contribution in [2.75, 3.05) is 0 Å². The summed E-state index contributed by atoms with van der Waals surface area (Å²) in [5.74, 6) is -1.09. The van der Waals surface area contributed by atoms with E-state index in [1.165, 1.54) is 17.8 Å². The highest BCUT2D eigenvalue weighted by Crippen LogP contribution is 2.27. The van der Waals surface area contributed by atoms with Gasteiger partial charge in [0.2, 0.25) is 0 Å². The van der Waals surface area contributed by atoms with Gasteiger partial charge in [-0.2, -0.15) is 0 Å². The second-order valence-corrected chi connectivity index (χ2v) is 4.78. The van der Waals surface area contributed by atoms with Crippen molar-refractivity contribution in [3.05, 3.63) is 65.2 Å². The van der Waals surface area contributed by atoms with E-state index in [0.717, 1.165) is 16.5 Å². The molecule has 0 bridgehead atoms. The average molecular weight is 250 g/mol. The van der Waals surface area contributed by atoms with E-state index in [1.807, 2.05) is 31.2 Å². The highest BCUT2D eigenvalue weighted by molar-refractivity contribution is 7.98. The zero-order chi connectivity index (χ0) is 12.3. The summed E-state index contributed by atoms with van der Waals surface area (Å²) in [6.45, 7) is 2.00. The molecule has 0 amide bonds. The zero-order valence-corrected chi connectivity index (χ0v) is 10.2. The topological polar surface area (TPSA) is 0 Å². The predicted molar refractivity (Wildman–Crippen MR) is 67.1 cm³/mol. The highest BCUT2D eigenvalue weighted by Gasteiger charge is 2.08. The minimum atomic E-state index is -0.784. The molecule has 0 fully saturated rings. The number of hydrogen-bond donors (Lipinski definition) is 0. The molecule has 2 aromatic rings. The van der Waals surface area contributed by atoms with Gasteiger partial charge in [0.15, 0.2) is 11.6 Å². The molecular weight excluding hydrogens is 238 g/mol. The van der Waals surface area contributed by atoms with Gasteiger partial charge in [0.05, 0.1) is 0 Å². The van der Waals surface area contributed by atoms with Crippen molar-refractivity contribution in [3.8, 4) is 0 Å². The lowest BCUT2D eigenvalue weighted by atomic mass is 10.2. The first-order valence-electron chi connectivity index (χ1n) is 5.30. The van der Waals surface area contributed by atoms with Gasteiger partial charge in [-0.05, 0) is 24.6 Å². The summed E-state index contributed by atoms with van der Waals surface area (Å²) in [7, 11) is 0. The van der Waals surface area contributed by atoms with Gasteiger partial charge in [-0.3, -0.25) is 0 Å². The largest absolute Gasteiger partial charge is 0.204 e. The second-order valence-electron chi connectivity index (χ2n) is 3.77. The number of benzene rings is 2. The van der Waals surface area contributed by atoms with E-state index in [0.29, 0.717) is 11.3 Å². The standard InChI is InChI=1S/C14H12F2S/c1-10-5-2-3-8-13(10)17-9-11-6-4-7-12(15)14(11)16/h2-8H,9H2,1H3. The predicted octanol–water partition coefficient (Wildman–Crippen LogP) is 4.57. The number of rotatable bonds is 3. The molecule has 0 aromatic heterocycles. The van der Waals surface area contributed by atoms with Crippen molar-refractivity contribution in [1.29, 1.82) is 0 Å². The molecule has 17 heavy (non-hydrogen) atoms. The maximum absolute atomic E-state index is 13.4. The van der Waals surface area contributed by atoms with Gasteiger partial charge in [-0.1, -0.05) is 30.3 Å². The van der Waals surface area contributed by atoms with Gasteiger partial charge in [-0.15, -0.1) is 11.8 Å². The molecule has 0 N–H and O–H groups in total. The quantitative estimate of drug-likeness (QED) is 0.719. The first kappa shape index (κ1) is 12.1. The van der Waals surface area contributed by atoms with E-state index < -0.39 is 11.6 Å². The molecule has 0 unspecified atom stereocenters.